The number of halogens is 3. The number of carbonyl (C=O) groups excluding carboxylic acids is 1. The zero-order chi connectivity index (χ0) is 22.6. The molecule has 0 spiro atoms. The van der Waals surface area contributed by atoms with Crippen molar-refractivity contribution in [1.82, 2.24) is 4.98 Å². The molecule has 7 heteroatoms. The quantitative estimate of drug-likeness (QED) is 0.568. The molecule has 1 aliphatic carbocycles. The summed E-state index contributed by atoms with van der Waals surface area (Å²) in [6.45, 7) is 7.82. The average Bonchev–Trinajstić information content (AvgIpc) is 2.73. The summed E-state index contributed by atoms with van der Waals surface area (Å²) < 4.78 is 40.6. The van der Waals surface area contributed by atoms with Crippen LogP contribution in [0.25, 0.3) is 6.08 Å². The number of aromatic nitrogens is 1. The molecule has 3 rings (SSSR count). The molecule has 166 valence electrons. The number of hydrogen-bond donors (Lipinski definition) is 1. The van der Waals surface area contributed by atoms with E-state index in [1.54, 1.807) is 0 Å². The summed E-state index contributed by atoms with van der Waals surface area (Å²) in [7, 11) is 0. The molecule has 31 heavy (non-hydrogen) atoms. The Kier molecular flexibility index (Phi) is 7.03. The molecular weight excluding hydrogens is 405 g/mol. The van der Waals surface area contributed by atoms with Gasteiger partial charge < -0.3 is 10.1 Å². The van der Waals surface area contributed by atoms with Crippen LogP contribution in [0.4, 0.5) is 18.9 Å². The number of nitrogens with zero attached hydrogens (tertiary/aromatic N) is 1. The summed E-state index contributed by atoms with van der Waals surface area (Å²) in [4.78, 5) is 17.0. The topological polar surface area (TPSA) is 51.2 Å². The van der Waals surface area contributed by atoms with Gasteiger partial charge in [-0.3, -0.25) is 9.78 Å². The van der Waals surface area contributed by atoms with Gasteiger partial charge in [-0.2, -0.15) is 0 Å². The second kappa shape index (κ2) is 9.54. The van der Waals surface area contributed by atoms with Gasteiger partial charge in [0, 0.05) is 23.5 Å². The van der Waals surface area contributed by atoms with Crippen LogP contribution in [0.1, 0.15) is 55.3 Å². The number of amides is 1. The lowest BCUT2D eigenvalue weighted by Crippen LogP contribution is -2.29. The highest BCUT2D eigenvalue weighted by Crippen LogP contribution is 2.40. The van der Waals surface area contributed by atoms with E-state index in [0.29, 0.717) is 11.6 Å². The van der Waals surface area contributed by atoms with Gasteiger partial charge in [-0.25, -0.2) is 0 Å². The first-order valence-electron chi connectivity index (χ1n) is 10.4. The summed E-state index contributed by atoms with van der Waals surface area (Å²) >= 11 is 0. The van der Waals surface area contributed by atoms with Gasteiger partial charge in [-0.1, -0.05) is 19.6 Å². The summed E-state index contributed by atoms with van der Waals surface area (Å²) in [5, 5.41) is 2.80. The maximum absolute atomic E-state index is 12.7. The van der Waals surface area contributed by atoms with Crippen LogP contribution in [0.2, 0.25) is 0 Å². The Balaban J connectivity index is 1.56. The Hall–Kier alpha value is -2.83. The normalized spacial score (nSPS) is 20.0. The third-order valence-corrected chi connectivity index (χ3v) is 6.11. The van der Waals surface area contributed by atoms with E-state index in [1.807, 2.05) is 26.1 Å². The fraction of sp³-hybridized carbons (Fsp3) is 0.417. The maximum Gasteiger partial charge on any atom is 0.573 e. The van der Waals surface area contributed by atoms with Crippen molar-refractivity contribution >= 4 is 17.7 Å². The first-order chi connectivity index (χ1) is 14.7. The van der Waals surface area contributed by atoms with Crippen LogP contribution >= 0.6 is 0 Å². The van der Waals surface area contributed by atoms with E-state index >= 15 is 0 Å². The molecule has 1 amide bonds. The van der Waals surface area contributed by atoms with E-state index in [9.17, 15) is 18.0 Å². The van der Waals surface area contributed by atoms with Crippen LogP contribution in [0.3, 0.4) is 0 Å². The minimum absolute atomic E-state index is 0.125. The minimum Gasteiger partial charge on any atom is -0.406 e. The van der Waals surface area contributed by atoms with E-state index in [1.165, 1.54) is 29.8 Å². The molecule has 0 saturated heterocycles. The number of anilines is 1. The zero-order valence-electron chi connectivity index (χ0n) is 17.7. The molecule has 1 N–H and O–H groups in total. The molecule has 0 unspecified atom stereocenters. The van der Waals surface area contributed by atoms with Gasteiger partial charge in [0.25, 0.3) is 0 Å². The number of hydrogen-bond acceptors (Lipinski definition) is 3. The SMILES string of the molecule is C=Cc1c(C2CCC([C@@H](C)C(=O)Nc3ccc(OC(F)(F)F)cc3)CC2)ccnc1C. The van der Waals surface area contributed by atoms with Crippen LogP contribution in [0.5, 0.6) is 5.75 Å². The van der Waals surface area contributed by atoms with E-state index in [4.69, 9.17) is 0 Å². The van der Waals surface area contributed by atoms with Crippen LogP contribution in [0.15, 0.2) is 43.1 Å². The fourth-order valence-corrected chi connectivity index (χ4v) is 4.36. The smallest absolute Gasteiger partial charge is 0.406 e. The number of pyridine rings is 1. The first-order valence-corrected chi connectivity index (χ1v) is 10.4. The summed E-state index contributed by atoms with van der Waals surface area (Å²) in [5.74, 6) is 0.0632. The van der Waals surface area contributed by atoms with Crippen molar-refractivity contribution < 1.29 is 22.7 Å². The minimum atomic E-state index is -4.74. The predicted octanol–water partition coefficient (Wildman–Crippen LogP) is 6.48. The molecule has 0 radical (unpaired) electrons. The zero-order valence-corrected chi connectivity index (χ0v) is 17.7. The number of ether oxygens (including phenoxy) is 1. The number of nitrogens with one attached hydrogen (secondary N) is 1. The summed E-state index contributed by atoms with van der Waals surface area (Å²) in [6.07, 6.45) is 2.84. The van der Waals surface area contributed by atoms with Crippen molar-refractivity contribution in [3.05, 3.63) is 59.9 Å². The first kappa shape index (κ1) is 22.8. The standard InChI is InChI=1S/C24H27F3N2O2/c1-4-21-16(3)28-14-13-22(21)18-7-5-17(6-8-18)15(2)23(30)29-19-9-11-20(12-10-19)31-24(25,26)27/h4,9-15,17-18H,1,5-8H2,2-3H3,(H,29,30)/t15-,17?,18?/m1/s1. The van der Waals surface area contributed by atoms with Gasteiger partial charge in [0.15, 0.2) is 0 Å². The molecule has 1 atom stereocenters. The fourth-order valence-electron chi connectivity index (χ4n) is 4.36. The highest BCUT2D eigenvalue weighted by Gasteiger charge is 2.32. The van der Waals surface area contributed by atoms with Crippen LogP contribution in [-0.4, -0.2) is 17.3 Å². The van der Waals surface area contributed by atoms with Crippen molar-refractivity contribution in [2.45, 2.75) is 51.8 Å². The van der Waals surface area contributed by atoms with Crippen molar-refractivity contribution in [2.75, 3.05) is 5.32 Å². The van der Waals surface area contributed by atoms with Crippen LogP contribution in [0, 0.1) is 18.8 Å². The third kappa shape index (κ3) is 5.87. The number of carbonyl (C=O) groups is 1. The van der Waals surface area contributed by atoms with Gasteiger partial charge >= 0.3 is 6.36 Å². The molecule has 1 saturated carbocycles. The predicted molar refractivity (Wildman–Crippen MR) is 115 cm³/mol. The molecule has 1 aromatic carbocycles. The van der Waals surface area contributed by atoms with E-state index < -0.39 is 6.36 Å². The van der Waals surface area contributed by atoms with Gasteiger partial charge in [0.05, 0.1) is 0 Å². The van der Waals surface area contributed by atoms with Crippen molar-refractivity contribution in [3.8, 4) is 5.75 Å². The lowest BCUT2D eigenvalue weighted by molar-refractivity contribution is -0.274. The van der Waals surface area contributed by atoms with E-state index in [2.05, 4.69) is 27.7 Å². The molecular formula is C24H27F3N2O2. The monoisotopic (exact) mass is 432 g/mol. The molecule has 1 fully saturated rings. The number of benzene rings is 1. The molecule has 2 aromatic rings. The van der Waals surface area contributed by atoms with Crippen molar-refractivity contribution in [3.63, 3.8) is 0 Å². The summed E-state index contributed by atoms with van der Waals surface area (Å²) in [5.41, 5.74) is 3.81. The Morgan fingerprint density at radius 1 is 1.19 bits per heavy atom. The maximum atomic E-state index is 12.7. The van der Waals surface area contributed by atoms with E-state index in [0.717, 1.165) is 36.9 Å². The molecule has 0 aliphatic heterocycles. The highest BCUT2D eigenvalue weighted by atomic mass is 19.4. The molecule has 0 bridgehead atoms. The van der Waals surface area contributed by atoms with Gasteiger partial charge in [-0.15, -0.1) is 13.2 Å². The number of rotatable bonds is 6. The molecule has 1 aliphatic rings. The van der Waals surface area contributed by atoms with Crippen molar-refractivity contribution in [1.29, 1.82) is 0 Å². The Morgan fingerprint density at radius 3 is 2.42 bits per heavy atom. The van der Waals surface area contributed by atoms with Gasteiger partial charge in [-0.05, 0) is 85.9 Å². The van der Waals surface area contributed by atoms with Crippen LogP contribution < -0.4 is 10.1 Å². The lowest BCUT2D eigenvalue weighted by Gasteiger charge is -2.32. The Labute approximate surface area is 180 Å². The molecule has 4 nitrogen and oxygen atoms in total. The van der Waals surface area contributed by atoms with E-state index in [-0.39, 0.29) is 23.5 Å². The average molecular weight is 432 g/mol. The lowest BCUT2D eigenvalue weighted by atomic mass is 9.73. The second-order valence-electron chi connectivity index (χ2n) is 8.07. The number of aryl methyl sites for hydroxylation is 1. The molecule has 1 aromatic heterocycles. The van der Waals surface area contributed by atoms with Gasteiger partial charge in [0.1, 0.15) is 5.75 Å². The van der Waals surface area contributed by atoms with Crippen molar-refractivity contribution in [2.24, 2.45) is 11.8 Å². The third-order valence-electron chi connectivity index (χ3n) is 6.11. The van der Waals surface area contributed by atoms with Gasteiger partial charge in [0.2, 0.25) is 5.91 Å². The largest absolute Gasteiger partial charge is 0.573 e. The highest BCUT2D eigenvalue weighted by molar-refractivity contribution is 5.92. The second-order valence-corrected chi connectivity index (χ2v) is 8.07. The summed E-state index contributed by atoms with van der Waals surface area (Å²) in [6, 6.07) is 7.26. The molecule has 1 heterocycles. The Bertz CT molecular complexity index is 917. The Morgan fingerprint density at radius 2 is 1.84 bits per heavy atom. The van der Waals surface area contributed by atoms with Crippen LogP contribution in [-0.2, 0) is 4.79 Å². The number of alkyl halides is 3.